The third-order valence-corrected chi connectivity index (χ3v) is 9.71. The third-order valence-electron chi connectivity index (χ3n) is 9.71. The number of anilines is 1. The Labute approximate surface area is 237 Å². The van der Waals surface area contributed by atoms with E-state index in [1.54, 1.807) is 6.07 Å². The van der Waals surface area contributed by atoms with Crippen LogP contribution in [0.15, 0.2) is 46.2 Å². The monoisotopic (exact) mass is 557 g/mol. The Morgan fingerprint density at radius 1 is 1.17 bits per heavy atom. The number of nitrogens with zero attached hydrogens (tertiary/aromatic N) is 5. The number of allylic oxidation sites excluding steroid dienone is 1. The first-order chi connectivity index (χ1) is 19.9. The van der Waals surface area contributed by atoms with Crippen LogP contribution in [0.1, 0.15) is 76.1 Å². The summed E-state index contributed by atoms with van der Waals surface area (Å²) in [7, 11) is 0. The topological polar surface area (TPSA) is 115 Å². The van der Waals surface area contributed by atoms with Gasteiger partial charge < -0.3 is 9.88 Å². The van der Waals surface area contributed by atoms with E-state index in [-0.39, 0.29) is 23.5 Å². The van der Waals surface area contributed by atoms with E-state index >= 15 is 4.39 Å². The predicted octanol–water partition coefficient (Wildman–Crippen LogP) is 5.98. The molecule has 9 nitrogen and oxygen atoms in total. The highest BCUT2D eigenvalue weighted by Gasteiger charge is 2.52. The molecule has 0 radical (unpaired) electrons. The average Bonchev–Trinajstić information content (AvgIpc) is 3.48. The van der Waals surface area contributed by atoms with Crippen molar-refractivity contribution in [2.75, 3.05) is 5.32 Å². The highest BCUT2D eigenvalue weighted by atomic mass is 19.1. The smallest absolute Gasteiger partial charge is 0.365 e. The van der Waals surface area contributed by atoms with E-state index in [1.807, 2.05) is 12.1 Å². The predicted molar refractivity (Wildman–Crippen MR) is 154 cm³/mol. The van der Waals surface area contributed by atoms with E-state index in [0.29, 0.717) is 34.8 Å². The van der Waals surface area contributed by atoms with Gasteiger partial charge in [0.1, 0.15) is 17.2 Å². The number of H-pyrrole nitrogens is 1. The molecule has 2 N–H and O–H groups in total. The number of fused-ring (bicyclic) bond motifs is 1. The maximum absolute atomic E-state index is 15.3. The minimum atomic E-state index is -0.668. The van der Waals surface area contributed by atoms with Crippen molar-refractivity contribution < 1.29 is 8.91 Å². The number of hydrogen-bond acceptors (Lipinski definition) is 7. The van der Waals surface area contributed by atoms with Crippen molar-refractivity contribution in [3.8, 4) is 11.6 Å². The Bertz CT molecular complexity index is 1640. The Balaban J connectivity index is 1.40. The number of aromatic amines is 1. The molecule has 3 saturated carbocycles. The van der Waals surface area contributed by atoms with Crippen molar-refractivity contribution in [1.82, 2.24) is 29.7 Å². The molecule has 1 aromatic carbocycles. The summed E-state index contributed by atoms with van der Waals surface area (Å²) in [6.45, 7) is 6.97. The van der Waals surface area contributed by atoms with Gasteiger partial charge in [-0.15, -0.1) is 6.58 Å². The molecular weight excluding hydrogens is 521 g/mol. The summed E-state index contributed by atoms with van der Waals surface area (Å²) in [5, 5.41) is 7.53. The summed E-state index contributed by atoms with van der Waals surface area (Å²) in [5.74, 6) is 2.61. The molecule has 10 heteroatoms. The van der Waals surface area contributed by atoms with Crippen LogP contribution in [0, 0.1) is 23.6 Å². The standard InChI is InChI=1S/C31H36FN7O2/c1-3-19-11-13-20(14-12-19)17-39-24-25(33-18(2)21-7-6-8-21)34-27(28-37-30(40)41-38-28)35-26(24)36-29(39)31(15-16-31)22-9-4-5-10-23(22)32/h3-5,9-10,18-21H,1,6-8,11-17H2,2H3,(H,33,34,35)(H,37,38,40)/t18-,19?,20?/m1/s1. The van der Waals surface area contributed by atoms with Crippen molar-refractivity contribution in [3.63, 3.8) is 0 Å². The van der Waals surface area contributed by atoms with Crippen LogP contribution in [-0.2, 0) is 12.0 Å². The summed E-state index contributed by atoms with van der Waals surface area (Å²) < 4.78 is 22.3. The molecular formula is C31H36FN7O2. The molecule has 0 saturated heterocycles. The Kier molecular flexibility index (Phi) is 6.51. The van der Waals surface area contributed by atoms with Gasteiger partial charge in [-0.1, -0.05) is 35.9 Å². The quantitative estimate of drug-likeness (QED) is 0.243. The zero-order chi connectivity index (χ0) is 28.1. The van der Waals surface area contributed by atoms with Gasteiger partial charge in [0.25, 0.3) is 0 Å². The molecule has 0 aliphatic heterocycles. The van der Waals surface area contributed by atoms with Crippen LogP contribution in [0.2, 0.25) is 0 Å². The van der Waals surface area contributed by atoms with Crippen molar-refractivity contribution >= 4 is 17.0 Å². The lowest BCUT2D eigenvalue weighted by atomic mass is 9.80. The zero-order valence-electron chi connectivity index (χ0n) is 23.4. The van der Waals surface area contributed by atoms with Gasteiger partial charge in [0.05, 0.1) is 5.41 Å². The molecule has 3 aliphatic rings. The maximum Gasteiger partial charge on any atom is 0.439 e. The minimum Gasteiger partial charge on any atom is -0.365 e. The highest BCUT2D eigenvalue weighted by molar-refractivity contribution is 5.86. The molecule has 3 aromatic heterocycles. The second kappa shape index (κ2) is 10.2. The van der Waals surface area contributed by atoms with E-state index in [9.17, 15) is 4.79 Å². The molecule has 0 amide bonds. The van der Waals surface area contributed by atoms with E-state index in [1.165, 1.54) is 25.3 Å². The lowest BCUT2D eigenvalue weighted by Gasteiger charge is -2.32. The van der Waals surface area contributed by atoms with E-state index in [4.69, 9.17) is 19.5 Å². The zero-order valence-corrected chi connectivity index (χ0v) is 23.4. The van der Waals surface area contributed by atoms with E-state index < -0.39 is 11.2 Å². The molecule has 0 spiro atoms. The van der Waals surface area contributed by atoms with Crippen LogP contribution >= 0.6 is 0 Å². The van der Waals surface area contributed by atoms with Gasteiger partial charge in [-0.25, -0.2) is 24.1 Å². The van der Waals surface area contributed by atoms with Crippen molar-refractivity contribution in [3.05, 3.63) is 64.7 Å². The van der Waals surface area contributed by atoms with Crippen molar-refractivity contribution in [2.45, 2.75) is 82.7 Å². The van der Waals surface area contributed by atoms with Gasteiger partial charge in [-0.2, -0.15) is 0 Å². The number of imidazole rings is 1. The van der Waals surface area contributed by atoms with Crippen molar-refractivity contribution in [2.24, 2.45) is 17.8 Å². The molecule has 3 heterocycles. The molecule has 3 fully saturated rings. The molecule has 214 valence electrons. The number of aromatic nitrogens is 6. The van der Waals surface area contributed by atoms with Gasteiger partial charge in [0.15, 0.2) is 11.5 Å². The van der Waals surface area contributed by atoms with E-state index in [0.717, 1.165) is 56.4 Å². The summed E-state index contributed by atoms with van der Waals surface area (Å²) >= 11 is 0. The SMILES string of the molecule is C=CC1CCC(Cn2c(C3(c4ccccc4F)CC3)nc3nc(-c4noc(=O)[nH]4)nc(N[C@H](C)C4CCC4)c32)CC1. The normalized spacial score (nSPS) is 22.8. The van der Waals surface area contributed by atoms with Gasteiger partial charge in [0.2, 0.25) is 11.6 Å². The van der Waals surface area contributed by atoms with Crippen LogP contribution in [0.5, 0.6) is 0 Å². The van der Waals surface area contributed by atoms with E-state index in [2.05, 4.69) is 39.6 Å². The summed E-state index contributed by atoms with van der Waals surface area (Å²) in [6, 6.07) is 7.24. The number of halogens is 1. The van der Waals surface area contributed by atoms with Crippen LogP contribution in [-0.4, -0.2) is 35.7 Å². The van der Waals surface area contributed by atoms with Crippen molar-refractivity contribution in [1.29, 1.82) is 0 Å². The van der Waals surface area contributed by atoms with Crippen LogP contribution in [0.3, 0.4) is 0 Å². The Morgan fingerprint density at radius 2 is 1.95 bits per heavy atom. The molecule has 3 aliphatic carbocycles. The number of nitrogens with one attached hydrogen (secondary N) is 2. The van der Waals surface area contributed by atoms with Gasteiger partial charge in [-0.3, -0.25) is 9.51 Å². The average molecular weight is 558 g/mol. The van der Waals surface area contributed by atoms with Crippen LogP contribution < -0.4 is 11.1 Å². The summed E-state index contributed by atoms with van der Waals surface area (Å²) in [4.78, 5) is 29.1. The second-order valence-corrected chi connectivity index (χ2v) is 12.3. The summed E-state index contributed by atoms with van der Waals surface area (Å²) in [6.07, 6.45) is 11.8. The maximum atomic E-state index is 15.3. The molecule has 7 rings (SSSR count). The fourth-order valence-electron chi connectivity index (χ4n) is 6.84. The fraction of sp³-hybridized carbons (Fsp3) is 0.516. The third kappa shape index (κ3) is 4.67. The minimum absolute atomic E-state index is 0.158. The lowest BCUT2D eigenvalue weighted by Crippen LogP contribution is -2.31. The first-order valence-electron chi connectivity index (χ1n) is 14.9. The van der Waals surface area contributed by atoms with Gasteiger partial charge >= 0.3 is 5.76 Å². The van der Waals surface area contributed by atoms with Gasteiger partial charge in [-0.05, 0) is 82.1 Å². The number of hydrogen-bond donors (Lipinski definition) is 2. The molecule has 1 atom stereocenters. The number of rotatable bonds is 9. The largest absolute Gasteiger partial charge is 0.439 e. The Morgan fingerprint density at radius 3 is 2.59 bits per heavy atom. The molecule has 41 heavy (non-hydrogen) atoms. The van der Waals surface area contributed by atoms with Gasteiger partial charge in [0, 0.05) is 18.2 Å². The van der Waals surface area contributed by atoms with Crippen LogP contribution in [0.25, 0.3) is 22.8 Å². The number of benzene rings is 1. The summed E-state index contributed by atoms with van der Waals surface area (Å²) in [5.41, 5.74) is 1.51. The first kappa shape index (κ1) is 26.1. The first-order valence-corrected chi connectivity index (χ1v) is 14.9. The molecule has 4 aromatic rings. The molecule has 0 bridgehead atoms. The Hall–Kier alpha value is -3.82. The second-order valence-electron chi connectivity index (χ2n) is 12.3. The lowest BCUT2D eigenvalue weighted by molar-refractivity contribution is 0.279. The fourth-order valence-corrected chi connectivity index (χ4v) is 6.84. The molecule has 0 unspecified atom stereocenters. The van der Waals surface area contributed by atoms with Crippen LogP contribution in [0.4, 0.5) is 10.2 Å². The highest BCUT2D eigenvalue weighted by Crippen LogP contribution is 2.54.